The normalized spacial score (nSPS) is 14.3. The number of benzene rings is 2. The van der Waals surface area contributed by atoms with Crippen LogP contribution < -0.4 is 10.6 Å². The largest absolute Gasteiger partial charge is 0.361 e. The van der Waals surface area contributed by atoms with Gasteiger partial charge >= 0.3 is 0 Å². The van der Waals surface area contributed by atoms with Gasteiger partial charge in [0.05, 0.1) is 11.1 Å². The number of fused-ring (bicyclic) bond motifs is 2. The van der Waals surface area contributed by atoms with Crippen LogP contribution in [0.5, 0.6) is 0 Å². The Labute approximate surface area is 177 Å². The maximum Gasteiger partial charge on any atom is 0.259 e. The number of nitrogens with one attached hydrogen (secondary N) is 3. The number of hydrogen-bond acceptors (Lipinski definition) is 3. The van der Waals surface area contributed by atoms with Gasteiger partial charge in [0.15, 0.2) is 0 Å². The molecule has 5 rings (SSSR count). The van der Waals surface area contributed by atoms with E-state index in [0.29, 0.717) is 28.6 Å². The number of hydrogen-bond donors (Lipinski definition) is 3. The van der Waals surface area contributed by atoms with Gasteiger partial charge in [0.1, 0.15) is 5.82 Å². The second-order valence-corrected chi connectivity index (χ2v) is 7.64. The highest BCUT2D eigenvalue weighted by atomic mass is 19.1. The molecule has 0 atom stereocenters. The third-order valence-electron chi connectivity index (χ3n) is 5.73. The van der Waals surface area contributed by atoms with Crippen molar-refractivity contribution in [3.05, 3.63) is 71.8 Å². The van der Waals surface area contributed by atoms with Crippen molar-refractivity contribution in [1.29, 1.82) is 0 Å². The number of halogens is 1. The monoisotopic (exact) mass is 416 g/mol. The molecule has 0 aliphatic carbocycles. The van der Waals surface area contributed by atoms with Crippen LogP contribution in [0.15, 0.2) is 54.9 Å². The zero-order valence-electron chi connectivity index (χ0n) is 17.0. The van der Waals surface area contributed by atoms with Crippen molar-refractivity contribution >= 4 is 44.8 Å². The second kappa shape index (κ2) is 7.52. The maximum absolute atomic E-state index is 14.2. The predicted molar refractivity (Wildman–Crippen MR) is 119 cm³/mol. The third kappa shape index (κ3) is 3.14. The van der Waals surface area contributed by atoms with E-state index in [1.807, 2.05) is 42.1 Å². The number of rotatable bonds is 6. The number of aromatic nitrogens is 2. The van der Waals surface area contributed by atoms with Gasteiger partial charge in [-0.25, -0.2) is 4.39 Å². The molecule has 3 N–H and O–H groups in total. The van der Waals surface area contributed by atoms with Crippen LogP contribution in [-0.2, 0) is 16.1 Å². The molecule has 0 radical (unpaired) electrons. The van der Waals surface area contributed by atoms with E-state index in [1.165, 1.54) is 12.1 Å². The summed E-state index contributed by atoms with van der Waals surface area (Å²) >= 11 is 0. The molecule has 0 saturated carbocycles. The summed E-state index contributed by atoms with van der Waals surface area (Å²) in [5, 5.41) is 7.01. The number of carbonyl (C=O) groups excluding carboxylic acids is 2. The van der Waals surface area contributed by atoms with E-state index in [9.17, 15) is 14.0 Å². The number of aromatic amines is 1. The summed E-state index contributed by atoms with van der Waals surface area (Å²) in [6.07, 6.45) is 4.46. The van der Waals surface area contributed by atoms with E-state index in [1.54, 1.807) is 12.3 Å². The minimum atomic E-state index is -0.469. The first-order valence-electron chi connectivity index (χ1n) is 10.2. The fourth-order valence-electron chi connectivity index (χ4n) is 4.33. The third-order valence-corrected chi connectivity index (χ3v) is 5.73. The molecule has 2 aromatic heterocycles. The minimum Gasteiger partial charge on any atom is -0.361 e. The Hall–Kier alpha value is -3.71. The Morgan fingerprint density at radius 1 is 1.00 bits per heavy atom. The standard InChI is InChI=1S/C24H21FN4O2/c1-26-9-4-10-29-13-18(16-11-14(25)7-8-20(16)29)22-21(23(30)28-24(22)31)17-12-27-19-6-3-2-5-15(17)19/h2-3,5-8,11-13,26-27H,4,9-10H2,1H3,(H,28,30,31). The molecule has 2 amide bonds. The van der Waals surface area contributed by atoms with Gasteiger partial charge in [0.2, 0.25) is 0 Å². The SMILES string of the molecule is CNCCCn1cc(C2=C(c3c[nH]c4ccccc34)C(=O)NC2=O)c2cc(F)ccc21. The van der Waals surface area contributed by atoms with Crippen molar-refractivity contribution in [3.63, 3.8) is 0 Å². The number of carbonyl (C=O) groups is 2. The first-order chi connectivity index (χ1) is 15.1. The van der Waals surface area contributed by atoms with E-state index in [4.69, 9.17) is 0 Å². The predicted octanol–water partition coefficient (Wildman–Crippen LogP) is 3.44. The Morgan fingerprint density at radius 3 is 2.58 bits per heavy atom. The first kappa shape index (κ1) is 19.3. The van der Waals surface area contributed by atoms with Crippen LogP contribution in [0.2, 0.25) is 0 Å². The van der Waals surface area contributed by atoms with Gasteiger partial charge in [0.25, 0.3) is 11.8 Å². The summed E-state index contributed by atoms with van der Waals surface area (Å²) < 4.78 is 16.2. The molecule has 0 bridgehead atoms. The van der Waals surface area contributed by atoms with Crippen LogP contribution in [-0.4, -0.2) is 35.0 Å². The number of amides is 2. The van der Waals surface area contributed by atoms with Gasteiger partial charge in [-0.15, -0.1) is 0 Å². The van der Waals surface area contributed by atoms with Crippen LogP contribution in [0.3, 0.4) is 0 Å². The maximum atomic E-state index is 14.2. The fraction of sp³-hybridized carbons (Fsp3) is 0.167. The molecule has 0 fully saturated rings. The van der Waals surface area contributed by atoms with E-state index >= 15 is 0 Å². The molecule has 31 heavy (non-hydrogen) atoms. The van der Waals surface area contributed by atoms with Gasteiger partial charge < -0.3 is 14.9 Å². The van der Waals surface area contributed by atoms with Crippen molar-refractivity contribution in [2.75, 3.05) is 13.6 Å². The number of para-hydroxylation sites is 1. The highest BCUT2D eigenvalue weighted by Gasteiger charge is 2.35. The lowest BCUT2D eigenvalue weighted by Crippen LogP contribution is -2.22. The summed E-state index contributed by atoms with van der Waals surface area (Å²) in [5.41, 5.74) is 3.49. The Balaban J connectivity index is 1.76. The summed E-state index contributed by atoms with van der Waals surface area (Å²) in [6, 6.07) is 12.2. The van der Waals surface area contributed by atoms with E-state index < -0.39 is 11.8 Å². The van der Waals surface area contributed by atoms with Gasteiger partial charge in [-0.3, -0.25) is 14.9 Å². The lowest BCUT2D eigenvalue weighted by atomic mass is 9.95. The lowest BCUT2D eigenvalue weighted by Gasteiger charge is -2.04. The zero-order valence-corrected chi connectivity index (χ0v) is 17.0. The van der Waals surface area contributed by atoms with Crippen LogP contribution in [0.1, 0.15) is 17.5 Å². The topological polar surface area (TPSA) is 78.9 Å². The van der Waals surface area contributed by atoms with Crippen molar-refractivity contribution in [3.8, 4) is 0 Å². The Bertz CT molecular complexity index is 1380. The van der Waals surface area contributed by atoms with Crippen molar-refractivity contribution in [1.82, 2.24) is 20.2 Å². The van der Waals surface area contributed by atoms with Crippen molar-refractivity contribution in [2.24, 2.45) is 0 Å². The van der Waals surface area contributed by atoms with E-state index in [0.717, 1.165) is 29.4 Å². The number of nitrogens with zero attached hydrogens (tertiary/aromatic N) is 1. The lowest BCUT2D eigenvalue weighted by molar-refractivity contribution is -0.122. The summed E-state index contributed by atoms with van der Waals surface area (Å²) in [7, 11) is 1.89. The summed E-state index contributed by atoms with van der Waals surface area (Å²) in [6.45, 7) is 1.53. The minimum absolute atomic E-state index is 0.276. The average Bonchev–Trinajstić information content (AvgIpc) is 3.41. The molecule has 156 valence electrons. The molecule has 3 heterocycles. The van der Waals surface area contributed by atoms with Crippen LogP contribution in [0.25, 0.3) is 33.0 Å². The Morgan fingerprint density at radius 2 is 1.77 bits per heavy atom. The van der Waals surface area contributed by atoms with E-state index in [2.05, 4.69) is 15.6 Å². The van der Waals surface area contributed by atoms with Crippen LogP contribution >= 0.6 is 0 Å². The molecule has 1 aliphatic rings. The number of H-pyrrole nitrogens is 1. The van der Waals surface area contributed by atoms with Crippen molar-refractivity contribution < 1.29 is 14.0 Å². The molecule has 4 aromatic rings. The van der Waals surface area contributed by atoms with Gasteiger partial charge in [0, 0.05) is 51.9 Å². The second-order valence-electron chi connectivity index (χ2n) is 7.64. The molecular formula is C24H21FN4O2. The van der Waals surface area contributed by atoms with Crippen LogP contribution in [0, 0.1) is 5.82 Å². The Kier molecular flexibility index (Phi) is 4.67. The smallest absolute Gasteiger partial charge is 0.259 e. The van der Waals surface area contributed by atoms with Gasteiger partial charge in [-0.2, -0.15) is 0 Å². The number of aryl methyl sites for hydroxylation is 1. The highest BCUT2D eigenvalue weighted by Crippen LogP contribution is 2.38. The quantitative estimate of drug-likeness (QED) is 0.333. The molecular weight excluding hydrogens is 395 g/mol. The van der Waals surface area contributed by atoms with Gasteiger partial charge in [-0.05, 0) is 44.3 Å². The number of imide groups is 1. The molecule has 0 unspecified atom stereocenters. The summed E-state index contributed by atoms with van der Waals surface area (Å²) in [4.78, 5) is 28.9. The molecule has 7 heteroatoms. The van der Waals surface area contributed by atoms with Crippen molar-refractivity contribution in [2.45, 2.75) is 13.0 Å². The molecule has 0 saturated heterocycles. The highest BCUT2D eigenvalue weighted by molar-refractivity contribution is 6.50. The van der Waals surface area contributed by atoms with E-state index in [-0.39, 0.29) is 11.4 Å². The molecule has 6 nitrogen and oxygen atoms in total. The molecule has 1 aliphatic heterocycles. The fourth-order valence-corrected chi connectivity index (χ4v) is 4.33. The van der Waals surface area contributed by atoms with Gasteiger partial charge in [-0.1, -0.05) is 18.2 Å². The average molecular weight is 416 g/mol. The molecule has 2 aromatic carbocycles. The van der Waals surface area contributed by atoms with Crippen LogP contribution in [0.4, 0.5) is 4.39 Å². The molecule has 0 spiro atoms. The zero-order chi connectivity index (χ0) is 21.5. The first-order valence-corrected chi connectivity index (χ1v) is 10.2. The summed E-state index contributed by atoms with van der Waals surface area (Å²) in [5.74, 6) is -1.30.